The van der Waals surface area contributed by atoms with Gasteiger partial charge in [0, 0.05) is 11.3 Å². The maximum Gasteiger partial charge on any atom is 0.344 e. The molecule has 2 aromatic carbocycles. The van der Waals surface area contributed by atoms with Crippen LogP contribution in [0.25, 0.3) is 0 Å². The van der Waals surface area contributed by atoms with Gasteiger partial charge in [-0.15, -0.1) is 0 Å². The molecule has 29 heavy (non-hydrogen) atoms. The maximum atomic E-state index is 12.0. The number of anilines is 1. The zero-order valence-corrected chi connectivity index (χ0v) is 16.8. The molecule has 1 atom stereocenters. The molecule has 2 rings (SSSR count). The Kier molecular flexibility index (Phi) is 8.21. The average Bonchev–Trinajstić information content (AvgIpc) is 2.76. The number of hydrogen-bond donors (Lipinski definition) is 1. The highest BCUT2D eigenvalue weighted by Gasteiger charge is 2.12. The molecule has 0 aliphatic heterocycles. The second kappa shape index (κ2) is 10.8. The fourth-order valence-corrected chi connectivity index (χ4v) is 2.53. The molecule has 1 N–H and O–H groups in total. The molecule has 1 amide bonds. The number of ether oxygens (including phenoxy) is 3. The molecule has 0 saturated heterocycles. The number of aldehydes is 1. The van der Waals surface area contributed by atoms with Gasteiger partial charge in [-0.2, -0.15) is 0 Å². The Bertz CT molecular complexity index is 847. The predicted molar refractivity (Wildman–Crippen MR) is 109 cm³/mol. The molecule has 7 nitrogen and oxygen atoms in total. The third kappa shape index (κ3) is 6.64. The summed E-state index contributed by atoms with van der Waals surface area (Å²) in [6, 6.07) is 12.1. The van der Waals surface area contributed by atoms with Crippen molar-refractivity contribution in [3.63, 3.8) is 0 Å². The summed E-state index contributed by atoms with van der Waals surface area (Å²) in [5.41, 5.74) is 2.26. The van der Waals surface area contributed by atoms with E-state index in [1.807, 2.05) is 24.3 Å². The summed E-state index contributed by atoms with van der Waals surface area (Å²) in [7, 11) is 1.43. The third-order valence-corrected chi connectivity index (χ3v) is 4.41. The number of benzene rings is 2. The smallest absolute Gasteiger partial charge is 0.344 e. The topological polar surface area (TPSA) is 90.9 Å². The summed E-state index contributed by atoms with van der Waals surface area (Å²) in [6.45, 7) is 3.44. The van der Waals surface area contributed by atoms with Gasteiger partial charge in [-0.05, 0) is 48.2 Å². The van der Waals surface area contributed by atoms with Crippen molar-refractivity contribution in [2.24, 2.45) is 0 Å². The summed E-state index contributed by atoms with van der Waals surface area (Å²) in [5, 5.41) is 2.68. The number of rotatable bonds is 10. The first-order valence-corrected chi connectivity index (χ1v) is 9.28. The van der Waals surface area contributed by atoms with E-state index in [4.69, 9.17) is 14.2 Å². The van der Waals surface area contributed by atoms with Crippen molar-refractivity contribution in [3.8, 4) is 11.5 Å². The van der Waals surface area contributed by atoms with Gasteiger partial charge in [-0.3, -0.25) is 9.59 Å². The van der Waals surface area contributed by atoms with Crippen molar-refractivity contribution in [2.75, 3.05) is 25.6 Å². The Labute approximate surface area is 170 Å². The molecule has 0 radical (unpaired) electrons. The van der Waals surface area contributed by atoms with Crippen LogP contribution >= 0.6 is 0 Å². The number of hydrogen-bond acceptors (Lipinski definition) is 6. The number of carbonyl (C=O) groups excluding carboxylic acids is 3. The van der Waals surface area contributed by atoms with E-state index in [9.17, 15) is 14.4 Å². The molecule has 2 aromatic rings. The van der Waals surface area contributed by atoms with Gasteiger partial charge in [0.05, 0.1) is 7.11 Å². The van der Waals surface area contributed by atoms with E-state index in [1.165, 1.54) is 30.9 Å². The lowest BCUT2D eigenvalue weighted by Crippen LogP contribution is -2.23. The molecule has 7 heteroatoms. The Morgan fingerprint density at radius 3 is 2.41 bits per heavy atom. The number of amides is 1. The van der Waals surface area contributed by atoms with Crippen molar-refractivity contribution in [1.82, 2.24) is 0 Å². The first-order chi connectivity index (χ1) is 14.0. The highest BCUT2D eigenvalue weighted by molar-refractivity contribution is 5.92. The van der Waals surface area contributed by atoms with Gasteiger partial charge >= 0.3 is 5.97 Å². The van der Waals surface area contributed by atoms with Crippen molar-refractivity contribution in [2.45, 2.75) is 26.2 Å². The molecular weight excluding hydrogens is 374 g/mol. The van der Waals surface area contributed by atoms with Crippen LogP contribution in [0.2, 0.25) is 0 Å². The molecule has 0 saturated carbocycles. The Morgan fingerprint density at radius 2 is 1.79 bits per heavy atom. The second-order valence-corrected chi connectivity index (χ2v) is 6.46. The highest BCUT2D eigenvalue weighted by Crippen LogP contribution is 2.27. The summed E-state index contributed by atoms with van der Waals surface area (Å²) in [6.07, 6.45) is 1.72. The van der Waals surface area contributed by atoms with Crippen LogP contribution in [0.3, 0.4) is 0 Å². The summed E-state index contributed by atoms with van der Waals surface area (Å²) in [5.74, 6) is -0.0767. The zero-order chi connectivity index (χ0) is 21.2. The van der Waals surface area contributed by atoms with Crippen LogP contribution in [-0.4, -0.2) is 38.5 Å². The summed E-state index contributed by atoms with van der Waals surface area (Å²) < 4.78 is 15.4. The standard InChI is InChI=1S/C22H25NO6/c1-4-15(2)17-6-8-18(9-7-17)23-21(25)13-29-22(26)14-28-19-10-5-16(12-24)11-20(19)27-3/h5-12,15H,4,13-14H2,1-3H3,(H,23,25)/t15-/m0/s1. The van der Waals surface area contributed by atoms with Crippen LogP contribution in [0, 0.1) is 0 Å². The van der Waals surface area contributed by atoms with Gasteiger partial charge in [0.25, 0.3) is 5.91 Å². The molecule has 0 aliphatic rings. The van der Waals surface area contributed by atoms with Crippen molar-refractivity contribution >= 4 is 23.9 Å². The Hall–Kier alpha value is -3.35. The van der Waals surface area contributed by atoms with Crippen LogP contribution in [0.5, 0.6) is 11.5 Å². The van der Waals surface area contributed by atoms with Gasteiger partial charge in [-0.1, -0.05) is 26.0 Å². The van der Waals surface area contributed by atoms with E-state index in [1.54, 1.807) is 0 Å². The third-order valence-electron chi connectivity index (χ3n) is 4.41. The van der Waals surface area contributed by atoms with Crippen molar-refractivity contribution in [1.29, 1.82) is 0 Å². The number of carbonyl (C=O) groups is 3. The lowest BCUT2D eigenvalue weighted by molar-refractivity contribution is -0.149. The van der Waals surface area contributed by atoms with Gasteiger partial charge in [-0.25, -0.2) is 4.79 Å². The molecule has 154 valence electrons. The monoisotopic (exact) mass is 399 g/mol. The van der Waals surface area contributed by atoms with E-state index in [0.717, 1.165) is 6.42 Å². The molecule has 0 spiro atoms. The van der Waals surface area contributed by atoms with E-state index < -0.39 is 25.1 Å². The van der Waals surface area contributed by atoms with Gasteiger partial charge < -0.3 is 19.5 Å². The van der Waals surface area contributed by atoms with Crippen LogP contribution in [0.15, 0.2) is 42.5 Å². The minimum atomic E-state index is -0.700. The first-order valence-electron chi connectivity index (χ1n) is 9.28. The van der Waals surface area contributed by atoms with Crippen LogP contribution < -0.4 is 14.8 Å². The molecular formula is C22H25NO6. The number of nitrogens with one attached hydrogen (secondary N) is 1. The first kappa shape index (κ1) is 21.9. The largest absolute Gasteiger partial charge is 0.493 e. The number of esters is 1. The maximum absolute atomic E-state index is 12.0. The molecule has 0 bridgehead atoms. The molecule has 0 unspecified atom stereocenters. The normalized spacial score (nSPS) is 11.3. The fraction of sp³-hybridized carbons (Fsp3) is 0.318. The fourth-order valence-electron chi connectivity index (χ4n) is 2.53. The quantitative estimate of drug-likeness (QED) is 0.485. The minimum Gasteiger partial charge on any atom is -0.493 e. The average molecular weight is 399 g/mol. The molecule has 0 heterocycles. The molecule has 0 aliphatic carbocycles. The van der Waals surface area contributed by atoms with E-state index >= 15 is 0 Å². The van der Waals surface area contributed by atoms with Crippen LogP contribution in [0.4, 0.5) is 5.69 Å². The second-order valence-electron chi connectivity index (χ2n) is 6.46. The molecule has 0 aromatic heterocycles. The predicted octanol–water partition coefficient (Wildman–Crippen LogP) is 3.58. The van der Waals surface area contributed by atoms with E-state index in [2.05, 4.69) is 19.2 Å². The van der Waals surface area contributed by atoms with Crippen molar-refractivity contribution < 1.29 is 28.6 Å². The van der Waals surface area contributed by atoms with Gasteiger partial charge in [0.15, 0.2) is 24.7 Å². The minimum absolute atomic E-state index is 0.292. The Balaban J connectivity index is 1.79. The summed E-state index contributed by atoms with van der Waals surface area (Å²) in [4.78, 5) is 34.6. The SMILES string of the molecule is CC[C@H](C)c1ccc(NC(=O)COC(=O)COc2ccc(C=O)cc2OC)cc1. The van der Waals surface area contributed by atoms with Crippen molar-refractivity contribution in [3.05, 3.63) is 53.6 Å². The number of methoxy groups -OCH3 is 1. The van der Waals surface area contributed by atoms with E-state index in [0.29, 0.717) is 35.0 Å². The lowest BCUT2D eigenvalue weighted by Gasteiger charge is -2.12. The molecule has 0 fully saturated rings. The summed E-state index contributed by atoms with van der Waals surface area (Å²) >= 11 is 0. The zero-order valence-electron chi connectivity index (χ0n) is 16.8. The lowest BCUT2D eigenvalue weighted by atomic mass is 9.99. The van der Waals surface area contributed by atoms with Gasteiger partial charge in [0.2, 0.25) is 0 Å². The highest BCUT2D eigenvalue weighted by atomic mass is 16.6. The van der Waals surface area contributed by atoms with Crippen LogP contribution in [0.1, 0.15) is 42.1 Å². The van der Waals surface area contributed by atoms with Crippen LogP contribution in [-0.2, 0) is 14.3 Å². The van der Waals surface area contributed by atoms with E-state index in [-0.39, 0.29) is 0 Å². The Morgan fingerprint density at radius 1 is 1.07 bits per heavy atom. The van der Waals surface area contributed by atoms with Gasteiger partial charge in [0.1, 0.15) is 6.29 Å².